The second-order valence-corrected chi connectivity index (χ2v) is 31.5. The Kier molecular flexibility index (Phi) is 78.1. The molecule has 0 aromatic heterocycles. The summed E-state index contributed by atoms with van der Waals surface area (Å²) in [5.41, 5.74) is 0. The van der Waals surface area contributed by atoms with Crippen molar-refractivity contribution in [3.8, 4) is 0 Å². The van der Waals surface area contributed by atoms with E-state index in [-0.39, 0.29) is 32.2 Å². The second-order valence-electron chi connectivity index (χ2n) is 31.5. The number of carboxylic acid groups (broad SMARTS) is 1. The van der Waals surface area contributed by atoms with Gasteiger partial charge in [-0.3, -0.25) is 9.59 Å². The van der Waals surface area contributed by atoms with Gasteiger partial charge in [-0.05, 0) is 38.5 Å². The molecule has 0 rings (SSSR count). The van der Waals surface area contributed by atoms with Crippen LogP contribution < -0.4 is 5.11 Å². The summed E-state index contributed by atoms with van der Waals surface area (Å²) < 4.78 is 22.9. The van der Waals surface area contributed by atoms with Crippen molar-refractivity contribution in [3.63, 3.8) is 0 Å². The average Bonchev–Trinajstić information content (AvgIpc) is 3.74. The predicted molar refractivity (Wildman–Crippen MR) is 417 cm³/mol. The smallest absolute Gasteiger partial charge is 0.306 e. The maximum absolute atomic E-state index is 13.0. The average molecular weight is 1370 g/mol. The molecule has 0 saturated carbocycles. The second kappa shape index (κ2) is 79.7. The van der Waals surface area contributed by atoms with E-state index in [2.05, 4.69) is 26.0 Å². The summed E-state index contributed by atoms with van der Waals surface area (Å²) >= 11 is 0. The highest BCUT2D eigenvalue weighted by Crippen LogP contribution is 2.21. The molecule has 0 aliphatic carbocycles. The number of esters is 2. The maximum atomic E-state index is 13.0. The molecule has 576 valence electrons. The molecule has 0 aromatic rings. The fourth-order valence-electron chi connectivity index (χ4n) is 13.8. The number of hydrogen-bond donors (Lipinski definition) is 0. The molecule has 0 fully saturated rings. The van der Waals surface area contributed by atoms with Crippen molar-refractivity contribution in [1.29, 1.82) is 0 Å². The first-order valence-corrected chi connectivity index (χ1v) is 43.8. The first kappa shape index (κ1) is 95.0. The lowest BCUT2D eigenvalue weighted by atomic mass is 10.0. The van der Waals surface area contributed by atoms with E-state index < -0.39 is 24.3 Å². The van der Waals surface area contributed by atoms with Gasteiger partial charge in [-0.25, -0.2) is 0 Å². The number of carbonyl (C=O) groups is 3. The molecule has 0 spiro atoms. The SMILES string of the molecule is CCCCCCCCCC/C=C\CCCCCCCCCCCCCCCCCCCCCCCCCC(=O)OC(COC(=O)CCCCCCCCCCCCCCCCCCCCCCCCCCCCCCCCCCCCCCC)COC(OCC[N+](C)(C)C)C(=O)[O-]. The van der Waals surface area contributed by atoms with Crippen molar-refractivity contribution < 1.29 is 42.9 Å². The van der Waals surface area contributed by atoms with Crippen LogP contribution in [0.1, 0.15) is 476 Å². The van der Waals surface area contributed by atoms with Crippen LogP contribution in [-0.2, 0) is 33.3 Å². The van der Waals surface area contributed by atoms with Gasteiger partial charge < -0.3 is 33.3 Å². The minimum Gasteiger partial charge on any atom is -0.545 e. The van der Waals surface area contributed by atoms with Gasteiger partial charge in [-0.15, -0.1) is 0 Å². The van der Waals surface area contributed by atoms with Crippen LogP contribution >= 0.6 is 0 Å². The largest absolute Gasteiger partial charge is 0.545 e. The number of hydrogen-bond acceptors (Lipinski definition) is 8. The molecule has 0 saturated heterocycles. The molecule has 0 N–H and O–H groups in total. The molecule has 0 aromatic carbocycles. The molecular weight excluding hydrogens is 1200 g/mol. The van der Waals surface area contributed by atoms with Crippen LogP contribution in [0.2, 0.25) is 0 Å². The summed E-state index contributed by atoms with van der Waals surface area (Å²) in [5, 5.41) is 11.9. The summed E-state index contributed by atoms with van der Waals surface area (Å²) in [7, 11) is 5.96. The first-order chi connectivity index (χ1) is 47.6. The highest BCUT2D eigenvalue weighted by Gasteiger charge is 2.22. The third-order valence-electron chi connectivity index (χ3n) is 20.5. The Bertz CT molecular complexity index is 1600. The maximum Gasteiger partial charge on any atom is 0.306 e. The van der Waals surface area contributed by atoms with E-state index in [0.717, 1.165) is 38.5 Å². The summed E-state index contributed by atoms with van der Waals surface area (Å²) in [6.07, 6.45) is 98.1. The van der Waals surface area contributed by atoms with Crippen molar-refractivity contribution in [2.24, 2.45) is 0 Å². The van der Waals surface area contributed by atoms with Crippen LogP contribution in [0.4, 0.5) is 0 Å². The molecule has 9 heteroatoms. The zero-order valence-electron chi connectivity index (χ0n) is 66.3. The number of allylic oxidation sites excluding steroid dienone is 2. The lowest BCUT2D eigenvalue weighted by Gasteiger charge is -2.26. The third kappa shape index (κ3) is 81.2. The Morgan fingerprint density at radius 2 is 0.526 bits per heavy atom. The van der Waals surface area contributed by atoms with Gasteiger partial charge >= 0.3 is 11.9 Å². The first-order valence-electron chi connectivity index (χ1n) is 43.8. The van der Waals surface area contributed by atoms with E-state index in [1.54, 1.807) is 0 Å². The highest BCUT2D eigenvalue weighted by molar-refractivity contribution is 5.70. The number of carboxylic acids is 1. The van der Waals surface area contributed by atoms with Gasteiger partial charge in [0.1, 0.15) is 13.2 Å². The minimum absolute atomic E-state index is 0.153. The summed E-state index contributed by atoms with van der Waals surface area (Å²) in [6, 6.07) is 0. The Hall–Kier alpha value is -1.97. The number of likely N-dealkylation sites (N-methyl/N-ethyl adjacent to an activating group) is 1. The fraction of sp³-hybridized carbons (Fsp3) is 0.943. The lowest BCUT2D eigenvalue weighted by molar-refractivity contribution is -0.870. The lowest BCUT2D eigenvalue weighted by Crippen LogP contribution is -2.44. The van der Waals surface area contributed by atoms with Gasteiger partial charge in [0.2, 0.25) is 0 Å². The van der Waals surface area contributed by atoms with Gasteiger partial charge in [-0.2, -0.15) is 0 Å². The molecule has 0 radical (unpaired) electrons. The van der Waals surface area contributed by atoms with Gasteiger partial charge in [0.05, 0.1) is 40.3 Å². The van der Waals surface area contributed by atoms with Crippen LogP contribution in [-0.4, -0.2) is 82.3 Å². The number of unbranched alkanes of at least 4 members (excludes halogenated alkanes) is 67. The Morgan fingerprint density at radius 1 is 0.299 bits per heavy atom. The van der Waals surface area contributed by atoms with Crippen LogP contribution in [0, 0.1) is 0 Å². The number of rotatable bonds is 84. The van der Waals surface area contributed by atoms with Crippen molar-refractivity contribution >= 4 is 17.9 Å². The Balaban J connectivity index is 3.90. The number of nitrogens with zero attached hydrogens (tertiary/aromatic N) is 1. The number of quaternary nitrogens is 1. The predicted octanol–water partition coefficient (Wildman–Crippen LogP) is 26.9. The number of carbonyl (C=O) groups excluding carboxylic acids is 3. The van der Waals surface area contributed by atoms with E-state index in [9.17, 15) is 19.5 Å². The topological polar surface area (TPSA) is 111 Å². The molecule has 2 atom stereocenters. The third-order valence-corrected chi connectivity index (χ3v) is 20.5. The number of aliphatic carboxylic acids is 1. The monoisotopic (exact) mass is 1370 g/mol. The van der Waals surface area contributed by atoms with Crippen LogP contribution in [0.5, 0.6) is 0 Å². The molecule has 2 unspecified atom stereocenters. The van der Waals surface area contributed by atoms with Crippen molar-refractivity contribution in [2.45, 2.75) is 489 Å². The van der Waals surface area contributed by atoms with Crippen LogP contribution in [0.25, 0.3) is 0 Å². The van der Waals surface area contributed by atoms with Gasteiger partial charge in [0, 0.05) is 12.8 Å². The Labute approximate surface area is 606 Å². The van der Waals surface area contributed by atoms with Gasteiger partial charge in [-0.1, -0.05) is 437 Å². The van der Waals surface area contributed by atoms with Gasteiger partial charge in [0.15, 0.2) is 12.4 Å². The van der Waals surface area contributed by atoms with Crippen LogP contribution in [0.3, 0.4) is 0 Å². The summed E-state index contributed by atoms with van der Waals surface area (Å²) in [6.45, 7) is 4.85. The fourth-order valence-corrected chi connectivity index (χ4v) is 13.8. The molecule has 0 bridgehead atoms. The van der Waals surface area contributed by atoms with Crippen molar-refractivity contribution in [1.82, 2.24) is 0 Å². The molecule has 0 heterocycles. The van der Waals surface area contributed by atoms with Gasteiger partial charge in [0.25, 0.3) is 0 Å². The molecule has 0 amide bonds. The zero-order valence-corrected chi connectivity index (χ0v) is 66.3. The van der Waals surface area contributed by atoms with E-state index in [4.69, 9.17) is 18.9 Å². The minimum atomic E-state index is -1.62. The molecule has 0 aliphatic heterocycles. The number of ether oxygens (including phenoxy) is 4. The van der Waals surface area contributed by atoms with E-state index in [0.29, 0.717) is 17.4 Å². The van der Waals surface area contributed by atoms with E-state index >= 15 is 0 Å². The van der Waals surface area contributed by atoms with E-state index in [1.165, 1.54) is 411 Å². The molecular formula is C88H171NO8. The quantitative estimate of drug-likeness (QED) is 0.0195. The van der Waals surface area contributed by atoms with Crippen molar-refractivity contribution in [3.05, 3.63) is 12.2 Å². The molecule has 97 heavy (non-hydrogen) atoms. The van der Waals surface area contributed by atoms with Crippen LogP contribution in [0.15, 0.2) is 12.2 Å². The standard InChI is InChI=1S/C88H171NO8/c1-6-8-10-12-14-16-18-20-22-24-26-28-30-32-34-36-38-40-42-43-45-46-48-50-52-54-56-58-60-62-64-66-68-70-72-74-76-78-85(90)95-82-84(83-96-88(87(92)93)94-81-80-89(3,4)5)97-86(91)79-77-75-73-71-69-67-65-63-61-59-57-55-53-51-49-47-44-41-39-37-35-33-31-29-27-25-23-21-19-17-15-13-11-9-7-2/h25,27,84,88H,6-24,26,28-83H2,1-5H3/b27-25-. The zero-order chi connectivity index (χ0) is 70.4. The molecule has 0 aliphatic rings. The summed E-state index contributed by atoms with van der Waals surface area (Å²) in [5.74, 6) is -2.24. The normalized spacial score (nSPS) is 12.5. The summed E-state index contributed by atoms with van der Waals surface area (Å²) in [4.78, 5) is 37.7. The highest BCUT2D eigenvalue weighted by atomic mass is 16.7. The van der Waals surface area contributed by atoms with E-state index in [1.807, 2.05) is 21.1 Å². The van der Waals surface area contributed by atoms with Crippen molar-refractivity contribution in [2.75, 3.05) is 47.5 Å². The molecule has 9 nitrogen and oxygen atoms in total. The Morgan fingerprint density at radius 3 is 0.763 bits per heavy atom.